The van der Waals surface area contributed by atoms with Crippen LogP contribution in [0.1, 0.15) is 19.2 Å². The number of anilines is 1. The Morgan fingerprint density at radius 1 is 1.44 bits per heavy atom. The van der Waals surface area contributed by atoms with E-state index in [0.717, 1.165) is 17.9 Å². The maximum Gasteiger partial charge on any atom is 0.259 e. The number of nitrogens with two attached hydrogens (primary N) is 1. The van der Waals surface area contributed by atoms with Gasteiger partial charge < -0.3 is 10.3 Å². The van der Waals surface area contributed by atoms with Crippen molar-refractivity contribution < 1.29 is 4.52 Å². The second kappa shape index (κ2) is 6.11. The molecule has 0 radical (unpaired) electrons. The zero-order chi connectivity index (χ0) is 13.0. The van der Waals surface area contributed by atoms with E-state index < -0.39 is 0 Å². The first-order valence-electron chi connectivity index (χ1n) is 5.66. The van der Waals surface area contributed by atoms with Gasteiger partial charge in [-0.05, 0) is 30.4 Å². The fraction of sp³-hybridized carbons (Fsp3) is 0.333. The predicted octanol–water partition coefficient (Wildman–Crippen LogP) is 3.62. The Kier molecular flexibility index (Phi) is 4.49. The topological polar surface area (TPSA) is 64.9 Å². The van der Waals surface area contributed by atoms with Crippen LogP contribution in [0.25, 0.3) is 11.5 Å². The highest BCUT2D eigenvalue weighted by atomic mass is 35.5. The maximum absolute atomic E-state index is 6.08. The number of aromatic nitrogens is 2. The normalized spacial score (nSPS) is 10.8. The van der Waals surface area contributed by atoms with E-state index in [1.165, 1.54) is 0 Å². The summed E-state index contributed by atoms with van der Waals surface area (Å²) < 4.78 is 5.20. The van der Waals surface area contributed by atoms with E-state index in [0.29, 0.717) is 28.0 Å². The van der Waals surface area contributed by atoms with Crippen molar-refractivity contribution in [3.8, 4) is 11.5 Å². The van der Waals surface area contributed by atoms with E-state index in [1.807, 2.05) is 0 Å². The summed E-state index contributed by atoms with van der Waals surface area (Å²) in [5.41, 5.74) is 7.01. The molecule has 1 aromatic carbocycles. The Morgan fingerprint density at radius 3 is 3.06 bits per heavy atom. The SMILES string of the molecule is CCCSCc1noc(-c2cc(N)ccc2Cl)n1. The van der Waals surface area contributed by atoms with Gasteiger partial charge in [-0.25, -0.2) is 0 Å². The molecule has 0 spiro atoms. The summed E-state index contributed by atoms with van der Waals surface area (Å²) in [4.78, 5) is 4.32. The Labute approximate surface area is 115 Å². The molecule has 0 bridgehead atoms. The van der Waals surface area contributed by atoms with Crippen molar-refractivity contribution in [1.82, 2.24) is 10.1 Å². The van der Waals surface area contributed by atoms with Gasteiger partial charge in [-0.15, -0.1) is 0 Å². The third-order valence-electron chi connectivity index (χ3n) is 2.27. The highest BCUT2D eigenvalue weighted by Crippen LogP contribution is 2.28. The maximum atomic E-state index is 6.08. The fourth-order valence-electron chi connectivity index (χ4n) is 1.44. The molecule has 0 fully saturated rings. The highest BCUT2D eigenvalue weighted by molar-refractivity contribution is 7.98. The minimum Gasteiger partial charge on any atom is -0.399 e. The van der Waals surface area contributed by atoms with Crippen LogP contribution >= 0.6 is 23.4 Å². The number of thioether (sulfide) groups is 1. The van der Waals surface area contributed by atoms with Crippen LogP contribution in [0.2, 0.25) is 5.02 Å². The molecule has 0 aliphatic rings. The number of hydrogen-bond acceptors (Lipinski definition) is 5. The molecule has 2 aromatic rings. The molecule has 0 atom stereocenters. The Hall–Kier alpha value is -1.20. The lowest BCUT2D eigenvalue weighted by molar-refractivity contribution is 0.425. The summed E-state index contributed by atoms with van der Waals surface area (Å²) in [5, 5.41) is 4.48. The van der Waals surface area contributed by atoms with E-state index in [-0.39, 0.29) is 0 Å². The quantitative estimate of drug-likeness (QED) is 0.671. The Morgan fingerprint density at radius 2 is 2.28 bits per heavy atom. The smallest absolute Gasteiger partial charge is 0.259 e. The molecule has 0 aliphatic carbocycles. The summed E-state index contributed by atoms with van der Waals surface area (Å²) in [5.74, 6) is 2.93. The van der Waals surface area contributed by atoms with Crippen LogP contribution in [-0.2, 0) is 5.75 Å². The van der Waals surface area contributed by atoms with Gasteiger partial charge in [0, 0.05) is 5.69 Å². The fourth-order valence-corrected chi connectivity index (χ4v) is 2.37. The molecule has 0 aliphatic heterocycles. The van der Waals surface area contributed by atoms with E-state index in [4.69, 9.17) is 21.9 Å². The number of nitrogens with zero attached hydrogens (tertiary/aromatic N) is 2. The number of nitrogen functional groups attached to an aromatic ring is 1. The number of halogens is 1. The molecular formula is C12H14ClN3OS. The van der Waals surface area contributed by atoms with Gasteiger partial charge in [0.1, 0.15) is 0 Å². The second-order valence-corrected chi connectivity index (χ2v) is 5.32. The van der Waals surface area contributed by atoms with Crippen LogP contribution in [-0.4, -0.2) is 15.9 Å². The summed E-state index contributed by atoms with van der Waals surface area (Å²) in [6, 6.07) is 5.20. The van der Waals surface area contributed by atoms with Crippen molar-refractivity contribution in [1.29, 1.82) is 0 Å². The standard InChI is InChI=1S/C12H14ClN3OS/c1-2-5-18-7-11-15-12(17-16-11)9-6-8(14)3-4-10(9)13/h3-4,6H,2,5,7,14H2,1H3. The molecule has 0 unspecified atom stereocenters. The van der Waals surface area contributed by atoms with Crippen molar-refractivity contribution in [3.05, 3.63) is 29.0 Å². The number of benzene rings is 1. The van der Waals surface area contributed by atoms with Gasteiger partial charge in [0.2, 0.25) is 0 Å². The summed E-state index contributed by atoms with van der Waals surface area (Å²) in [7, 11) is 0. The summed E-state index contributed by atoms with van der Waals surface area (Å²) in [6.07, 6.45) is 1.14. The zero-order valence-electron chi connectivity index (χ0n) is 10.0. The lowest BCUT2D eigenvalue weighted by Crippen LogP contribution is -1.88. The third-order valence-corrected chi connectivity index (χ3v) is 3.76. The molecule has 4 nitrogen and oxygen atoms in total. The van der Waals surface area contributed by atoms with Gasteiger partial charge in [0.05, 0.1) is 16.3 Å². The average molecular weight is 284 g/mol. The minimum atomic E-state index is 0.416. The summed E-state index contributed by atoms with van der Waals surface area (Å²) in [6.45, 7) is 2.14. The molecular weight excluding hydrogens is 270 g/mol. The van der Waals surface area contributed by atoms with Gasteiger partial charge in [0.15, 0.2) is 5.82 Å². The number of rotatable bonds is 5. The lowest BCUT2D eigenvalue weighted by atomic mass is 10.2. The zero-order valence-corrected chi connectivity index (χ0v) is 11.6. The van der Waals surface area contributed by atoms with Gasteiger partial charge in [-0.2, -0.15) is 16.7 Å². The molecule has 1 heterocycles. The summed E-state index contributed by atoms with van der Waals surface area (Å²) >= 11 is 7.86. The molecule has 6 heteroatoms. The van der Waals surface area contributed by atoms with Gasteiger partial charge in [-0.3, -0.25) is 0 Å². The van der Waals surface area contributed by atoms with Crippen LogP contribution in [0.15, 0.2) is 22.7 Å². The second-order valence-electron chi connectivity index (χ2n) is 3.81. The molecule has 0 saturated carbocycles. The van der Waals surface area contributed by atoms with Crippen LogP contribution in [0.4, 0.5) is 5.69 Å². The van der Waals surface area contributed by atoms with Gasteiger partial charge in [-0.1, -0.05) is 23.7 Å². The van der Waals surface area contributed by atoms with Crippen LogP contribution in [0.3, 0.4) is 0 Å². The van der Waals surface area contributed by atoms with E-state index >= 15 is 0 Å². The first-order chi connectivity index (χ1) is 8.70. The molecule has 2 N–H and O–H groups in total. The minimum absolute atomic E-state index is 0.416. The van der Waals surface area contributed by atoms with Crippen molar-refractivity contribution in [2.24, 2.45) is 0 Å². The first kappa shape index (κ1) is 13.2. The van der Waals surface area contributed by atoms with E-state index in [1.54, 1.807) is 30.0 Å². The molecule has 0 saturated heterocycles. The highest BCUT2D eigenvalue weighted by Gasteiger charge is 2.12. The predicted molar refractivity (Wildman–Crippen MR) is 75.6 cm³/mol. The van der Waals surface area contributed by atoms with Crippen LogP contribution in [0.5, 0.6) is 0 Å². The van der Waals surface area contributed by atoms with Crippen molar-refractivity contribution >= 4 is 29.1 Å². The van der Waals surface area contributed by atoms with Crippen molar-refractivity contribution in [2.75, 3.05) is 11.5 Å². The van der Waals surface area contributed by atoms with Crippen LogP contribution in [0, 0.1) is 0 Å². The van der Waals surface area contributed by atoms with Gasteiger partial charge >= 0.3 is 0 Å². The van der Waals surface area contributed by atoms with Gasteiger partial charge in [0.25, 0.3) is 5.89 Å². The molecule has 18 heavy (non-hydrogen) atoms. The van der Waals surface area contributed by atoms with E-state index in [2.05, 4.69) is 17.1 Å². The monoisotopic (exact) mass is 283 g/mol. The van der Waals surface area contributed by atoms with Crippen LogP contribution < -0.4 is 5.73 Å². The molecule has 2 rings (SSSR count). The lowest BCUT2D eigenvalue weighted by Gasteiger charge is -1.99. The Bertz CT molecular complexity index is 530. The Balaban J connectivity index is 2.16. The molecule has 0 amide bonds. The average Bonchev–Trinajstić information content (AvgIpc) is 2.81. The first-order valence-corrected chi connectivity index (χ1v) is 7.19. The van der Waals surface area contributed by atoms with Crippen molar-refractivity contribution in [3.63, 3.8) is 0 Å². The van der Waals surface area contributed by atoms with E-state index in [9.17, 15) is 0 Å². The van der Waals surface area contributed by atoms with Crippen molar-refractivity contribution in [2.45, 2.75) is 19.1 Å². The third kappa shape index (κ3) is 3.17. The molecule has 1 aromatic heterocycles. The largest absolute Gasteiger partial charge is 0.399 e. The molecule has 96 valence electrons. The number of hydrogen-bond donors (Lipinski definition) is 1.